The second-order valence-corrected chi connectivity index (χ2v) is 9.09. The van der Waals surface area contributed by atoms with E-state index in [1.54, 1.807) is 53.1 Å². The van der Waals surface area contributed by atoms with Gasteiger partial charge in [-0.1, -0.05) is 12.1 Å². The van der Waals surface area contributed by atoms with Crippen LogP contribution in [0.25, 0.3) is 0 Å². The zero-order valence-electron chi connectivity index (χ0n) is 13.1. The average molecular weight is 393 g/mol. The Labute approximate surface area is 154 Å². The summed E-state index contributed by atoms with van der Waals surface area (Å²) in [5.74, 6) is -0.177. The Morgan fingerprint density at radius 3 is 2.32 bits per heavy atom. The van der Waals surface area contributed by atoms with Gasteiger partial charge in [0.15, 0.2) is 0 Å². The number of hydrogen-bond acceptors (Lipinski definition) is 5. The third kappa shape index (κ3) is 4.68. The van der Waals surface area contributed by atoms with Crippen molar-refractivity contribution >= 4 is 44.3 Å². The van der Waals surface area contributed by atoms with Crippen LogP contribution in [0.2, 0.25) is 0 Å². The third-order valence-electron chi connectivity index (χ3n) is 3.40. The molecule has 3 aromatic rings. The minimum absolute atomic E-state index is 0.177. The smallest absolute Gasteiger partial charge is 0.271 e. The van der Waals surface area contributed by atoms with E-state index in [0.29, 0.717) is 17.8 Å². The molecule has 0 saturated carbocycles. The van der Waals surface area contributed by atoms with Gasteiger partial charge in [-0.3, -0.25) is 9.52 Å². The van der Waals surface area contributed by atoms with Gasteiger partial charge in [0, 0.05) is 22.7 Å². The van der Waals surface area contributed by atoms with Crippen LogP contribution in [0.4, 0.5) is 5.69 Å². The maximum Gasteiger partial charge on any atom is 0.271 e. The van der Waals surface area contributed by atoms with Gasteiger partial charge in [-0.15, -0.1) is 22.7 Å². The fraction of sp³-hybridized carbons (Fsp3) is 0.118. The molecule has 2 heterocycles. The molecule has 2 N–H and O–H groups in total. The molecule has 2 aromatic heterocycles. The van der Waals surface area contributed by atoms with Crippen LogP contribution in [-0.4, -0.2) is 20.9 Å². The highest BCUT2D eigenvalue weighted by Crippen LogP contribution is 2.20. The Morgan fingerprint density at radius 1 is 0.960 bits per heavy atom. The summed E-state index contributed by atoms with van der Waals surface area (Å²) in [7, 11) is -3.57. The Kier molecular flexibility index (Phi) is 5.52. The first-order valence-corrected chi connectivity index (χ1v) is 10.8. The second kappa shape index (κ2) is 7.81. The van der Waals surface area contributed by atoms with Gasteiger partial charge in [-0.2, -0.15) is 0 Å². The molecule has 130 valence electrons. The van der Waals surface area contributed by atoms with Crippen LogP contribution in [0.3, 0.4) is 0 Å². The molecule has 0 bridgehead atoms. The molecule has 0 radical (unpaired) electrons. The fourth-order valence-corrected chi connectivity index (χ4v) is 4.93. The largest absolute Gasteiger partial charge is 0.352 e. The number of thiophene rings is 2. The SMILES string of the molecule is O=C(NCCc1cccs1)c1ccc(NS(=O)(=O)c2cccs2)cc1. The Hall–Kier alpha value is -2.16. The summed E-state index contributed by atoms with van der Waals surface area (Å²) in [6.07, 6.45) is 0.794. The van der Waals surface area contributed by atoms with Crippen molar-refractivity contribution in [2.45, 2.75) is 10.6 Å². The van der Waals surface area contributed by atoms with Crippen molar-refractivity contribution in [2.75, 3.05) is 11.3 Å². The van der Waals surface area contributed by atoms with Gasteiger partial charge in [-0.05, 0) is 53.6 Å². The Bertz CT molecular complexity index is 916. The molecule has 1 aromatic carbocycles. The van der Waals surface area contributed by atoms with Gasteiger partial charge in [0.25, 0.3) is 15.9 Å². The van der Waals surface area contributed by atoms with Gasteiger partial charge in [0.05, 0.1) is 0 Å². The van der Waals surface area contributed by atoms with Crippen molar-refractivity contribution in [1.29, 1.82) is 0 Å². The summed E-state index contributed by atoms with van der Waals surface area (Å²) in [5.41, 5.74) is 0.911. The first kappa shape index (κ1) is 17.7. The maximum atomic E-state index is 12.2. The van der Waals surface area contributed by atoms with Gasteiger partial charge in [0.1, 0.15) is 4.21 Å². The van der Waals surface area contributed by atoms with Crippen molar-refractivity contribution in [1.82, 2.24) is 5.32 Å². The van der Waals surface area contributed by atoms with Crippen molar-refractivity contribution in [3.63, 3.8) is 0 Å². The lowest BCUT2D eigenvalue weighted by Crippen LogP contribution is -2.25. The van der Waals surface area contributed by atoms with E-state index in [1.807, 2.05) is 17.5 Å². The minimum atomic E-state index is -3.57. The van der Waals surface area contributed by atoms with E-state index in [-0.39, 0.29) is 10.1 Å². The molecular weight excluding hydrogens is 376 g/mol. The number of anilines is 1. The molecule has 1 amide bonds. The lowest BCUT2D eigenvalue weighted by molar-refractivity contribution is 0.0954. The normalized spacial score (nSPS) is 11.2. The number of rotatable bonds is 7. The summed E-state index contributed by atoms with van der Waals surface area (Å²) >= 11 is 2.81. The van der Waals surface area contributed by atoms with Crippen molar-refractivity contribution in [3.05, 3.63) is 69.7 Å². The predicted molar refractivity (Wildman–Crippen MR) is 102 cm³/mol. The lowest BCUT2D eigenvalue weighted by Gasteiger charge is -2.08. The van der Waals surface area contributed by atoms with Gasteiger partial charge < -0.3 is 5.32 Å². The molecule has 0 fully saturated rings. The fourth-order valence-electron chi connectivity index (χ4n) is 2.17. The standard InChI is InChI=1S/C17H16N2O3S3/c20-17(18-10-9-15-3-1-11-23-15)13-5-7-14(8-6-13)19-25(21,22)16-4-2-12-24-16/h1-8,11-12,19H,9-10H2,(H,18,20). The molecule has 25 heavy (non-hydrogen) atoms. The highest BCUT2D eigenvalue weighted by atomic mass is 32.2. The first-order valence-electron chi connectivity index (χ1n) is 7.51. The summed E-state index contributed by atoms with van der Waals surface area (Å²) in [6.45, 7) is 0.562. The quantitative estimate of drug-likeness (QED) is 0.645. The molecular formula is C17H16N2O3S3. The van der Waals surface area contributed by atoms with E-state index in [1.165, 1.54) is 4.88 Å². The molecule has 0 unspecified atom stereocenters. The molecule has 0 atom stereocenters. The summed E-state index contributed by atoms with van der Waals surface area (Å²) < 4.78 is 27.1. The number of amides is 1. The molecule has 0 aliphatic heterocycles. The number of carbonyl (C=O) groups is 1. The lowest BCUT2D eigenvalue weighted by atomic mass is 10.2. The molecule has 0 saturated heterocycles. The molecule has 8 heteroatoms. The highest BCUT2D eigenvalue weighted by molar-refractivity contribution is 7.94. The zero-order valence-corrected chi connectivity index (χ0v) is 15.6. The van der Waals surface area contributed by atoms with Crippen LogP contribution in [-0.2, 0) is 16.4 Å². The van der Waals surface area contributed by atoms with Gasteiger partial charge >= 0.3 is 0 Å². The summed E-state index contributed by atoms with van der Waals surface area (Å²) in [5, 5.41) is 6.57. The summed E-state index contributed by atoms with van der Waals surface area (Å²) in [4.78, 5) is 13.3. The minimum Gasteiger partial charge on any atom is -0.352 e. The van der Waals surface area contributed by atoms with Gasteiger partial charge in [-0.25, -0.2) is 8.42 Å². The van der Waals surface area contributed by atoms with Crippen LogP contribution in [0.15, 0.2) is 63.5 Å². The van der Waals surface area contributed by atoms with E-state index in [2.05, 4.69) is 10.0 Å². The van der Waals surface area contributed by atoms with E-state index >= 15 is 0 Å². The number of sulfonamides is 1. The van der Waals surface area contributed by atoms with E-state index in [0.717, 1.165) is 17.8 Å². The summed E-state index contributed by atoms with van der Waals surface area (Å²) in [6, 6.07) is 13.6. The maximum absolute atomic E-state index is 12.2. The van der Waals surface area contributed by atoms with E-state index < -0.39 is 10.0 Å². The Morgan fingerprint density at radius 2 is 1.68 bits per heavy atom. The number of benzene rings is 1. The van der Waals surface area contributed by atoms with E-state index in [9.17, 15) is 13.2 Å². The van der Waals surface area contributed by atoms with Crippen molar-refractivity contribution in [2.24, 2.45) is 0 Å². The van der Waals surface area contributed by atoms with Crippen LogP contribution >= 0.6 is 22.7 Å². The van der Waals surface area contributed by atoms with Crippen LogP contribution in [0.1, 0.15) is 15.2 Å². The van der Waals surface area contributed by atoms with Crippen LogP contribution in [0, 0.1) is 0 Å². The molecule has 3 rings (SSSR count). The number of carbonyl (C=O) groups excluding carboxylic acids is 1. The number of hydrogen-bond donors (Lipinski definition) is 2. The van der Waals surface area contributed by atoms with Crippen molar-refractivity contribution < 1.29 is 13.2 Å². The van der Waals surface area contributed by atoms with Crippen LogP contribution in [0.5, 0.6) is 0 Å². The second-order valence-electron chi connectivity index (χ2n) is 5.20. The molecule has 5 nitrogen and oxygen atoms in total. The zero-order chi connectivity index (χ0) is 17.7. The predicted octanol–water partition coefficient (Wildman–Crippen LogP) is 3.58. The average Bonchev–Trinajstić information content (AvgIpc) is 3.29. The molecule has 0 aliphatic rings. The number of nitrogens with one attached hydrogen (secondary N) is 2. The first-order chi connectivity index (χ1) is 12.0. The Balaban J connectivity index is 1.57. The highest BCUT2D eigenvalue weighted by Gasteiger charge is 2.15. The monoisotopic (exact) mass is 392 g/mol. The van der Waals surface area contributed by atoms with E-state index in [4.69, 9.17) is 0 Å². The molecule has 0 spiro atoms. The topological polar surface area (TPSA) is 75.3 Å². The third-order valence-corrected chi connectivity index (χ3v) is 7.11. The van der Waals surface area contributed by atoms with Crippen LogP contribution < -0.4 is 10.0 Å². The van der Waals surface area contributed by atoms with Crippen molar-refractivity contribution in [3.8, 4) is 0 Å². The van der Waals surface area contributed by atoms with Gasteiger partial charge in [0.2, 0.25) is 0 Å². The molecule has 0 aliphatic carbocycles.